The fourth-order valence-corrected chi connectivity index (χ4v) is 5.41. The Morgan fingerprint density at radius 1 is 0.581 bits per heavy atom. The Morgan fingerprint density at radius 3 is 1.32 bits per heavy atom. The van der Waals surface area contributed by atoms with Crippen LogP contribution in [0, 0.1) is 13.8 Å². The highest BCUT2D eigenvalue weighted by atomic mass is 15.3. The van der Waals surface area contributed by atoms with E-state index in [2.05, 4.69) is 92.5 Å². The predicted molar refractivity (Wildman–Crippen MR) is 136 cm³/mol. The van der Waals surface area contributed by atoms with Crippen LogP contribution in [-0.2, 0) is 5.41 Å². The first-order valence-electron chi connectivity index (χ1n) is 12.2. The molecule has 0 N–H and O–H groups in total. The molecule has 31 heavy (non-hydrogen) atoms. The maximum absolute atomic E-state index is 2.50. The zero-order valence-electron chi connectivity index (χ0n) is 21.5. The summed E-state index contributed by atoms with van der Waals surface area (Å²) in [5.41, 5.74) is 9.14. The van der Waals surface area contributed by atoms with Gasteiger partial charge in [0.25, 0.3) is 0 Å². The highest BCUT2D eigenvalue weighted by Crippen LogP contribution is 2.54. The second-order valence-electron chi connectivity index (χ2n) is 12.1. The molecule has 2 aromatic rings. The van der Waals surface area contributed by atoms with E-state index in [1.807, 2.05) is 0 Å². The largest absolute Gasteiger partial charge is 0.331 e. The molecule has 1 aliphatic carbocycles. The molecule has 3 rings (SSSR count). The van der Waals surface area contributed by atoms with Gasteiger partial charge in [-0.3, -0.25) is 0 Å². The van der Waals surface area contributed by atoms with Crippen LogP contribution in [0.2, 0.25) is 0 Å². The summed E-state index contributed by atoms with van der Waals surface area (Å²) in [5, 5.41) is 0. The Kier molecular flexibility index (Phi) is 7.03. The summed E-state index contributed by atoms with van der Waals surface area (Å²) < 4.78 is 2.11. The van der Waals surface area contributed by atoms with Crippen LogP contribution >= 0.6 is 0 Å². The van der Waals surface area contributed by atoms with Crippen molar-refractivity contribution in [2.45, 2.75) is 57.8 Å². The van der Waals surface area contributed by atoms with Gasteiger partial charge in [-0.25, -0.2) is 0 Å². The first kappa shape index (κ1) is 24.0. The van der Waals surface area contributed by atoms with Gasteiger partial charge in [0.15, 0.2) is 0 Å². The average molecular weight is 423 g/mol. The first-order chi connectivity index (χ1) is 14.4. The lowest BCUT2D eigenvalue weighted by Gasteiger charge is -2.34. The van der Waals surface area contributed by atoms with Crippen molar-refractivity contribution in [1.29, 1.82) is 0 Å². The lowest BCUT2D eigenvalue weighted by molar-refractivity contribution is -0.870. The fraction of sp³-hybridized carbons (Fsp3) is 0.586. The van der Waals surface area contributed by atoms with Crippen LogP contribution in [0.1, 0.15) is 60.8 Å². The number of hydrogen-bond donors (Lipinski definition) is 0. The summed E-state index contributed by atoms with van der Waals surface area (Å²) in [6.45, 7) is 7.01. The Balaban J connectivity index is 1.95. The summed E-state index contributed by atoms with van der Waals surface area (Å²) in [4.78, 5) is 0. The number of benzene rings is 2. The average Bonchev–Trinajstić information content (AvgIpc) is 2.90. The normalized spacial score (nSPS) is 15.1. The van der Waals surface area contributed by atoms with E-state index in [-0.39, 0.29) is 5.41 Å². The van der Waals surface area contributed by atoms with Gasteiger partial charge in [-0.2, -0.15) is 0 Å². The van der Waals surface area contributed by atoms with E-state index in [4.69, 9.17) is 0 Å². The molecular weight excluding hydrogens is 376 g/mol. The van der Waals surface area contributed by atoms with E-state index in [9.17, 15) is 0 Å². The molecule has 0 saturated heterocycles. The third kappa shape index (κ3) is 5.79. The van der Waals surface area contributed by atoms with Crippen molar-refractivity contribution in [3.63, 3.8) is 0 Å². The van der Waals surface area contributed by atoms with E-state index in [0.29, 0.717) is 0 Å². The van der Waals surface area contributed by atoms with Crippen molar-refractivity contribution in [2.24, 2.45) is 0 Å². The standard InChI is InChI=1S/C29H46N2/c1-23-13-15-25-26-16-14-24(2)22-28(26)29(27(25)21-23,17-9-11-19-30(3,4)5)18-10-12-20-31(6,7)8/h13-16,21-22H,9-12,17-20H2,1-8H3/q+2. The molecular formula is C29H46N2+2. The molecule has 2 nitrogen and oxygen atoms in total. The van der Waals surface area contributed by atoms with Crippen LogP contribution in [-0.4, -0.2) is 64.3 Å². The zero-order valence-corrected chi connectivity index (χ0v) is 21.5. The zero-order chi connectivity index (χ0) is 22.9. The van der Waals surface area contributed by atoms with Gasteiger partial charge in [0.05, 0.1) is 55.4 Å². The van der Waals surface area contributed by atoms with Crippen LogP contribution in [0.25, 0.3) is 11.1 Å². The van der Waals surface area contributed by atoms with Gasteiger partial charge in [0, 0.05) is 5.41 Å². The predicted octanol–water partition coefficient (Wildman–Crippen LogP) is 6.32. The topological polar surface area (TPSA) is 0 Å². The Bertz CT molecular complexity index is 820. The molecule has 2 heteroatoms. The summed E-state index contributed by atoms with van der Waals surface area (Å²) in [5.74, 6) is 0. The van der Waals surface area contributed by atoms with Gasteiger partial charge in [0.1, 0.15) is 0 Å². The van der Waals surface area contributed by atoms with Crippen LogP contribution < -0.4 is 0 Å². The first-order valence-corrected chi connectivity index (χ1v) is 12.2. The third-order valence-electron chi connectivity index (χ3n) is 7.04. The van der Waals surface area contributed by atoms with Crippen LogP contribution in [0.3, 0.4) is 0 Å². The Labute approximate surface area is 192 Å². The third-order valence-corrected chi connectivity index (χ3v) is 7.04. The molecule has 1 aliphatic rings. The van der Waals surface area contributed by atoms with Gasteiger partial charge < -0.3 is 8.97 Å². The van der Waals surface area contributed by atoms with Crippen molar-refractivity contribution in [1.82, 2.24) is 0 Å². The monoisotopic (exact) mass is 422 g/mol. The maximum Gasteiger partial charge on any atom is 0.0780 e. The Hall–Kier alpha value is -1.64. The number of unbranched alkanes of at least 4 members (excludes halogenated alkanes) is 2. The number of rotatable bonds is 10. The smallest absolute Gasteiger partial charge is 0.0780 e. The lowest BCUT2D eigenvalue weighted by atomic mass is 9.70. The van der Waals surface area contributed by atoms with Crippen molar-refractivity contribution in [3.8, 4) is 11.1 Å². The molecule has 170 valence electrons. The van der Waals surface area contributed by atoms with E-state index in [1.54, 1.807) is 11.1 Å². The molecule has 0 saturated carbocycles. The van der Waals surface area contributed by atoms with Crippen molar-refractivity contribution >= 4 is 0 Å². The Morgan fingerprint density at radius 2 is 0.968 bits per heavy atom. The number of hydrogen-bond acceptors (Lipinski definition) is 0. The minimum Gasteiger partial charge on any atom is -0.331 e. The molecule has 0 heterocycles. The maximum atomic E-state index is 2.50. The number of aryl methyl sites for hydroxylation is 2. The van der Waals surface area contributed by atoms with Gasteiger partial charge in [-0.05, 0) is 74.6 Å². The molecule has 0 bridgehead atoms. The van der Waals surface area contributed by atoms with Crippen molar-refractivity contribution in [2.75, 3.05) is 55.4 Å². The molecule has 0 aliphatic heterocycles. The van der Waals surface area contributed by atoms with Gasteiger partial charge in [-0.1, -0.05) is 47.5 Å². The van der Waals surface area contributed by atoms with Crippen LogP contribution in [0.4, 0.5) is 0 Å². The van der Waals surface area contributed by atoms with E-state index in [0.717, 1.165) is 8.97 Å². The highest BCUT2D eigenvalue weighted by Gasteiger charge is 2.42. The van der Waals surface area contributed by atoms with E-state index >= 15 is 0 Å². The fourth-order valence-electron chi connectivity index (χ4n) is 5.41. The number of nitrogens with zero attached hydrogens (tertiary/aromatic N) is 2. The summed E-state index contributed by atoms with van der Waals surface area (Å²) >= 11 is 0. The van der Waals surface area contributed by atoms with E-state index in [1.165, 1.54) is 73.9 Å². The molecule has 0 spiro atoms. The second kappa shape index (κ2) is 9.08. The molecule has 0 fully saturated rings. The molecule has 0 atom stereocenters. The van der Waals surface area contributed by atoms with Gasteiger partial charge >= 0.3 is 0 Å². The van der Waals surface area contributed by atoms with Gasteiger partial charge in [-0.15, -0.1) is 0 Å². The molecule has 0 amide bonds. The molecule has 2 aromatic carbocycles. The summed E-state index contributed by atoms with van der Waals surface area (Å²) in [7, 11) is 13.9. The lowest BCUT2D eigenvalue weighted by Crippen LogP contribution is -2.36. The molecule has 0 radical (unpaired) electrons. The molecule has 0 unspecified atom stereocenters. The van der Waals surface area contributed by atoms with Crippen molar-refractivity contribution in [3.05, 3.63) is 58.7 Å². The van der Waals surface area contributed by atoms with Crippen molar-refractivity contribution < 1.29 is 8.97 Å². The van der Waals surface area contributed by atoms with Crippen LogP contribution in [0.5, 0.6) is 0 Å². The number of quaternary nitrogens is 2. The highest BCUT2D eigenvalue weighted by molar-refractivity contribution is 5.81. The molecule has 0 aromatic heterocycles. The van der Waals surface area contributed by atoms with Crippen LogP contribution in [0.15, 0.2) is 36.4 Å². The quantitative estimate of drug-likeness (QED) is 0.310. The SMILES string of the molecule is Cc1ccc2c(c1)C(CCCC[N+](C)(C)C)(CCCC[N+](C)(C)C)c1cc(C)ccc1-2. The minimum atomic E-state index is 0.179. The second-order valence-corrected chi connectivity index (χ2v) is 12.1. The number of fused-ring (bicyclic) bond motifs is 3. The summed E-state index contributed by atoms with van der Waals surface area (Å²) in [6.07, 6.45) is 7.73. The van der Waals surface area contributed by atoms with Gasteiger partial charge in [0.2, 0.25) is 0 Å². The summed E-state index contributed by atoms with van der Waals surface area (Å²) in [6, 6.07) is 14.4. The van der Waals surface area contributed by atoms with E-state index < -0.39 is 0 Å². The minimum absolute atomic E-state index is 0.179.